The maximum Gasteiger partial charge on any atom is 0.296 e. The largest absolute Gasteiger partial charge is 0.322 e. The van der Waals surface area contributed by atoms with Gasteiger partial charge in [-0.25, -0.2) is 13.1 Å². The zero-order valence-corrected chi connectivity index (χ0v) is 20.5. The fourth-order valence-corrected chi connectivity index (χ4v) is 4.81. The van der Waals surface area contributed by atoms with E-state index < -0.39 is 15.6 Å². The van der Waals surface area contributed by atoms with Crippen molar-refractivity contribution in [3.63, 3.8) is 0 Å². The van der Waals surface area contributed by atoms with Gasteiger partial charge in [0.2, 0.25) is 0 Å². The number of anilines is 2. The summed E-state index contributed by atoms with van der Waals surface area (Å²) in [7, 11) is -2.38. The molecule has 0 aliphatic rings. The van der Waals surface area contributed by atoms with E-state index in [1.54, 1.807) is 42.9 Å². The van der Waals surface area contributed by atoms with Gasteiger partial charge in [0, 0.05) is 18.3 Å². The van der Waals surface area contributed by atoms with Gasteiger partial charge >= 0.3 is 0 Å². The second kappa shape index (κ2) is 9.63. The quantitative estimate of drug-likeness (QED) is 0.407. The molecule has 9 heteroatoms. The molecule has 0 atom stereocenters. The third-order valence-electron chi connectivity index (χ3n) is 5.84. The van der Waals surface area contributed by atoms with E-state index in [2.05, 4.69) is 17.0 Å². The van der Waals surface area contributed by atoms with Crippen LogP contribution in [-0.2, 0) is 23.5 Å². The van der Waals surface area contributed by atoms with Gasteiger partial charge in [-0.3, -0.25) is 19.0 Å². The standard InChI is InChI=1S/C26H26N4O4S/c1-4-19-10-14-21(15-11-19)27-25(31)20-12-16-23(17-13-20)35(33,34)28-24-18(2)29(3)30(26(24)32)22-8-6-5-7-9-22/h5-17,28H,4H2,1-3H3,(H,27,31). The molecule has 0 unspecified atom stereocenters. The van der Waals surface area contributed by atoms with Crippen molar-refractivity contribution in [2.45, 2.75) is 25.2 Å². The number of amides is 1. The predicted octanol–water partition coefficient (Wildman–Crippen LogP) is 4.10. The zero-order valence-electron chi connectivity index (χ0n) is 19.6. The molecule has 0 saturated heterocycles. The SMILES string of the molecule is CCc1ccc(NC(=O)c2ccc(S(=O)(=O)Nc3c(C)n(C)n(-c4ccccc4)c3=O)cc2)cc1. The Morgan fingerprint density at radius 2 is 1.54 bits per heavy atom. The van der Waals surface area contributed by atoms with E-state index >= 15 is 0 Å². The van der Waals surface area contributed by atoms with E-state index in [1.807, 2.05) is 30.3 Å². The van der Waals surface area contributed by atoms with Crippen LogP contribution in [0.15, 0.2) is 88.6 Å². The lowest BCUT2D eigenvalue weighted by Crippen LogP contribution is -2.23. The van der Waals surface area contributed by atoms with Gasteiger partial charge in [0.1, 0.15) is 5.69 Å². The van der Waals surface area contributed by atoms with Crippen LogP contribution in [0.2, 0.25) is 0 Å². The van der Waals surface area contributed by atoms with Crippen molar-refractivity contribution < 1.29 is 13.2 Å². The van der Waals surface area contributed by atoms with Gasteiger partial charge in [0.05, 0.1) is 16.3 Å². The molecule has 1 amide bonds. The molecule has 8 nitrogen and oxygen atoms in total. The number of hydrogen-bond acceptors (Lipinski definition) is 4. The molecule has 0 radical (unpaired) electrons. The topological polar surface area (TPSA) is 102 Å². The molecule has 0 bridgehead atoms. The minimum Gasteiger partial charge on any atom is -0.322 e. The third kappa shape index (κ3) is 4.90. The number of aromatic nitrogens is 2. The van der Waals surface area contributed by atoms with Crippen molar-refractivity contribution in [2.24, 2.45) is 7.05 Å². The first-order valence-corrected chi connectivity index (χ1v) is 12.6. The van der Waals surface area contributed by atoms with Crippen LogP contribution >= 0.6 is 0 Å². The van der Waals surface area contributed by atoms with Gasteiger partial charge in [0.25, 0.3) is 21.5 Å². The molecule has 3 aromatic carbocycles. The molecule has 0 aliphatic heterocycles. The average molecular weight is 491 g/mol. The summed E-state index contributed by atoms with van der Waals surface area (Å²) in [5.41, 5.74) is 2.69. The molecule has 4 aromatic rings. The van der Waals surface area contributed by atoms with Gasteiger partial charge in [0.15, 0.2) is 0 Å². The monoisotopic (exact) mass is 490 g/mol. The van der Waals surface area contributed by atoms with Gasteiger partial charge in [-0.2, -0.15) is 0 Å². The highest BCUT2D eigenvalue weighted by atomic mass is 32.2. The van der Waals surface area contributed by atoms with E-state index in [1.165, 1.54) is 28.9 Å². The summed E-state index contributed by atoms with van der Waals surface area (Å²) in [6.45, 7) is 3.72. The lowest BCUT2D eigenvalue weighted by atomic mass is 10.1. The molecule has 0 aliphatic carbocycles. The summed E-state index contributed by atoms with van der Waals surface area (Å²) < 4.78 is 31.5. The summed E-state index contributed by atoms with van der Waals surface area (Å²) >= 11 is 0. The Labute approximate surface area is 203 Å². The number of aryl methyl sites for hydroxylation is 1. The molecular weight excluding hydrogens is 464 g/mol. The molecule has 0 spiro atoms. The fraction of sp³-hybridized carbons (Fsp3) is 0.154. The average Bonchev–Trinajstić information content (AvgIpc) is 3.07. The number of carbonyl (C=O) groups excluding carboxylic acids is 1. The van der Waals surface area contributed by atoms with Crippen LogP contribution in [0.3, 0.4) is 0 Å². The van der Waals surface area contributed by atoms with E-state index in [0.29, 0.717) is 22.6 Å². The number of nitrogens with one attached hydrogen (secondary N) is 2. The van der Waals surface area contributed by atoms with Gasteiger partial charge in [-0.05, 0) is 67.4 Å². The van der Waals surface area contributed by atoms with Crippen LogP contribution < -0.4 is 15.6 Å². The Morgan fingerprint density at radius 1 is 0.914 bits per heavy atom. The van der Waals surface area contributed by atoms with Crippen LogP contribution in [0.4, 0.5) is 11.4 Å². The molecule has 1 heterocycles. The predicted molar refractivity (Wildman–Crippen MR) is 137 cm³/mol. The van der Waals surface area contributed by atoms with Crippen molar-refractivity contribution in [1.29, 1.82) is 0 Å². The highest BCUT2D eigenvalue weighted by Gasteiger charge is 2.22. The molecule has 0 saturated carbocycles. The fourth-order valence-electron chi connectivity index (χ4n) is 3.69. The van der Waals surface area contributed by atoms with Crippen LogP contribution in [0, 0.1) is 6.92 Å². The van der Waals surface area contributed by atoms with Crippen molar-refractivity contribution in [3.8, 4) is 5.69 Å². The normalized spacial score (nSPS) is 11.3. The Kier molecular flexibility index (Phi) is 6.61. The molecule has 2 N–H and O–H groups in total. The highest BCUT2D eigenvalue weighted by Crippen LogP contribution is 2.20. The first kappa shape index (κ1) is 24.0. The second-order valence-electron chi connectivity index (χ2n) is 8.07. The third-order valence-corrected chi connectivity index (χ3v) is 7.20. The highest BCUT2D eigenvalue weighted by molar-refractivity contribution is 7.92. The molecule has 180 valence electrons. The number of sulfonamides is 1. The van der Waals surface area contributed by atoms with E-state index in [9.17, 15) is 18.0 Å². The number of nitrogens with zero attached hydrogens (tertiary/aromatic N) is 2. The van der Waals surface area contributed by atoms with E-state index in [0.717, 1.165) is 12.0 Å². The van der Waals surface area contributed by atoms with Crippen LogP contribution in [-0.4, -0.2) is 23.7 Å². The number of rotatable bonds is 7. The summed E-state index contributed by atoms with van der Waals surface area (Å²) in [5.74, 6) is -0.351. The minimum absolute atomic E-state index is 0.0336. The maximum absolute atomic E-state index is 13.0. The molecule has 4 rings (SSSR count). The molecule has 1 aromatic heterocycles. The first-order valence-electron chi connectivity index (χ1n) is 11.1. The van der Waals surface area contributed by atoms with Crippen LogP contribution in [0.25, 0.3) is 5.69 Å². The molecule has 0 fully saturated rings. The number of hydrogen-bond donors (Lipinski definition) is 2. The summed E-state index contributed by atoms with van der Waals surface area (Å²) in [6, 6.07) is 22.0. The number of para-hydroxylation sites is 1. The smallest absolute Gasteiger partial charge is 0.296 e. The number of carbonyl (C=O) groups is 1. The van der Waals surface area contributed by atoms with Crippen molar-refractivity contribution in [3.05, 3.63) is 106 Å². The maximum atomic E-state index is 13.0. The lowest BCUT2D eigenvalue weighted by Gasteiger charge is -2.09. The Morgan fingerprint density at radius 3 is 2.14 bits per heavy atom. The first-order chi connectivity index (χ1) is 16.7. The van der Waals surface area contributed by atoms with E-state index in [4.69, 9.17) is 0 Å². The summed E-state index contributed by atoms with van der Waals surface area (Å²) in [5, 5.41) is 2.80. The Bertz CT molecular complexity index is 1520. The van der Waals surface area contributed by atoms with Crippen molar-refractivity contribution in [1.82, 2.24) is 9.36 Å². The van der Waals surface area contributed by atoms with Crippen LogP contribution in [0.5, 0.6) is 0 Å². The van der Waals surface area contributed by atoms with Crippen molar-refractivity contribution >= 4 is 27.3 Å². The second-order valence-corrected chi connectivity index (χ2v) is 9.75. The minimum atomic E-state index is -4.06. The summed E-state index contributed by atoms with van der Waals surface area (Å²) in [4.78, 5) is 25.5. The summed E-state index contributed by atoms with van der Waals surface area (Å²) in [6.07, 6.45) is 0.904. The lowest BCUT2D eigenvalue weighted by molar-refractivity contribution is 0.102. The van der Waals surface area contributed by atoms with Gasteiger partial charge in [-0.15, -0.1) is 0 Å². The Balaban J connectivity index is 1.55. The zero-order chi connectivity index (χ0) is 25.2. The van der Waals surface area contributed by atoms with E-state index in [-0.39, 0.29) is 16.5 Å². The van der Waals surface area contributed by atoms with Gasteiger partial charge < -0.3 is 5.32 Å². The van der Waals surface area contributed by atoms with Crippen molar-refractivity contribution in [2.75, 3.05) is 10.0 Å². The molecule has 35 heavy (non-hydrogen) atoms. The van der Waals surface area contributed by atoms with Gasteiger partial charge in [-0.1, -0.05) is 37.3 Å². The molecular formula is C26H26N4O4S. The van der Waals surface area contributed by atoms with Crippen LogP contribution in [0.1, 0.15) is 28.5 Å². The number of benzene rings is 3. The Hall–Kier alpha value is -4.11.